The van der Waals surface area contributed by atoms with E-state index in [0.29, 0.717) is 28.2 Å². The first-order valence-corrected chi connectivity index (χ1v) is 11.2. The van der Waals surface area contributed by atoms with Crippen LogP contribution in [0.1, 0.15) is 39.5 Å². The van der Waals surface area contributed by atoms with Gasteiger partial charge in [-0.1, -0.05) is 6.07 Å². The molecule has 0 saturated carbocycles. The molecule has 8 nitrogen and oxygen atoms in total. The van der Waals surface area contributed by atoms with Gasteiger partial charge >= 0.3 is 5.97 Å². The minimum atomic E-state index is -3.97. The second-order valence-corrected chi connectivity index (χ2v) is 9.18. The fourth-order valence-corrected chi connectivity index (χ4v) is 5.15. The number of ether oxygens (including phenoxy) is 3. The third-order valence-electron chi connectivity index (χ3n) is 5.29. The molecule has 2 aromatic rings. The maximum atomic E-state index is 12.9. The average Bonchev–Trinajstić information content (AvgIpc) is 3.17. The first-order valence-electron chi connectivity index (χ1n) is 9.70. The number of rotatable bonds is 7. The van der Waals surface area contributed by atoms with E-state index < -0.39 is 34.4 Å². The topological polar surface area (TPSA) is 108 Å². The van der Waals surface area contributed by atoms with Crippen molar-refractivity contribution >= 4 is 21.8 Å². The minimum absolute atomic E-state index is 0.0824. The zero-order chi connectivity index (χ0) is 22.9. The molecule has 1 aliphatic heterocycles. The number of carbonyl (C=O) groups is 2. The van der Waals surface area contributed by atoms with Crippen molar-refractivity contribution in [3.8, 4) is 11.5 Å². The molecule has 0 amide bonds. The molecule has 0 unspecified atom stereocenters. The molecule has 1 N–H and O–H groups in total. The van der Waals surface area contributed by atoms with E-state index in [-0.39, 0.29) is 11.7 Å². The summed E-state index contributed by atoms with van der Waals surface area (Å²) in [6.45, 7) is 8.05. The van der Waals surface area contributed by atoms with E-state index in [0.717, 1.165) is 11.1 Å². The smallest absolute Gasteiger partial charge is 0.324 e. The Kier molecular flexibility index (Phi) is 6.38. The second-order valence-electron chi connectivity index (χ2n) is 7.53. The van der Waals surface area contributed by atoms with E-state index in [1.807, 2.05) is 19.9 Å². The molecule has 9 heteroatoms. The fourth-order valence-electron chi connectivity index (χ4n) is 3.34. The van der Waals surface area contributed by atoms with Crippen molar-refractivity contribution in [1.82, 2.24) is 4.72 Å². The van der Waals surface area contributed by atoms with Crippen molar-refractivity contribution in [2.24, 2.45) is 0 Å². The Hall–Kier alpha value is -2.91. The number of Topliss-reactive ketones (excluding diaryl/α,β-unsaturated/α-hetero) is 1. The summed E-state index contributed by atoms with van der Waals surface area (Å²) < 4.78 is 43.7. The third-order valence-corrected chi connectivity index (χ3v) is 7.11. The van der Waals surface area contributed by atoms with Crippen molar-refractivity contribution in [2.45, 2.75) is 45.6 Å². The van der Waals surface area contributed by atoms with Crippen LogP contribution in [-0.4, -0.2) is 39.6 Å². The van der Waals surface area contributed by atoms with E-state index in [1.54, 1.807) is 26.0 Å². The number of benzene rings is 2. The molecule has 0 aromatic heterocycles. The van der Waals surface area contributed by atoms with Crippen LogP contribution in [0.2, 0.25) is 0 Å². The van der Waals surface area contributed by atoms with Gasteiger partial charge in [-0.3, -0.25) is 9.59 Å². The van der Waals surface area contributed by atoms with Gasteiger partial charge in [0.15, 0.2) is 23.9 Å². The number of sulfonamides is 1. The summed E-state index contributed by atoms with van der Waals surface area (Å²) >= 11 is 0. The van der Waals surface area contributed by atoms with E-state index in [2.05, 4.69) is 4.72 Å². The van der Waals surface area contributed by atoms with Crippen molar-refractivity contribution in [3.63, 3.8) is 0 Å². The molecule has 166 valence electrons. The van der Waals surface area contributed by atoms with E-state index in [9.17, 15) is 18.0 Å². The Morgan fingerprint density at radius 3 is 2.29 bits per heavy atom. The maximum absolute atomic E-state index is 12.9. The Labute approximate surface area is 181 Å². The SMILES string of the molecule is Cc1cc(C)c(C)c(S(=O)(=O)N[C@@H](C)C(=O)OCC(=O)c2ccc3c(c2)OCO3)c1C. The summed E-state index contributed by atoms with van der Waals surface area (Å²) in [6, 6.07) is 5.40. The number of fused-ring (bicyclic) bond motifs is 1. The number of ketones is 1. The summed E-state index contributed by atoms with van der Waals surface area (Å²) in [4.78, 5) is 24.8. The second kappa shape index (κ2) is 8.68. The highest BCUT2D eigenvalue weighted by atomic mass is 32.2. The van der Waals surface area contributed by atoms with Gasteiger partial charge in [0.1, 0.15) is 6.04 Å². The number of aryl methyl sites for hydroxylation is 2. The van der Waals surface area contributed by atoms with Gasteiger partial charge in [-0.05, 0) is 75.1 Å². The van der Waals surface area contributed by atoms with Crippen LogP contribution in [0.3, 0.4) is 0 Å². The number of nitrogens with one attached hydrogen (secondary N) is 1. The van der Waals surface area contributed by atoms with Crippen LogP contribution < -0.4 is 14.2 Å². The lowest BCUT2D eigenvalue weighted by atomic mass is 10.0. The van der Waals surface area contributed by atoms with Crippen molar-refractivity contribution in [1.29, 1.82) is 0 Å². The fraction of sp³-hybridized carbons (Fsp3) is 0.364. The monoisotopic (exact) mass is 447 g/mol. The van der Waals surface area contributed by atoms with Gasteiger partial charge in [0.25, 0.3) is 0 Å². The van der Waals surface area contributed by atoms with Gasteiger partial charge in [0, 0.05) is 5.56 Å². The van der Waals surface area contributed by atoms with Crippen molar-refractivity contribution < 1.29 is 32.2 Å². The first-order chi connectivity index (χ1) is 14.5. The largest absolute Gasteiger partial charge is 0.456 e. The van der Waals surface area contributed by atoms with Crippen LogP contribution in [-0.2, 0) is 19.6 Å². The highest BCUT2D eigenvalue weighted by Gasteiger charge is 2.27. The van der Waals surface area contributed by atoms with E-state index >= 15 is 0 Å². The van der Waals surface area contributed by atoms with E-state index in [4.69, 9.17) is 14.2 Å². The predicted molar refractivity (Wildman–Crippen MR) is 113 cm³/mol. The van der Waals surface area contributed by atoms with Crippen molar-refractivity contribution in [3.05, 3.63) is 52.1 Å². The van der Waals surface area contributed by atoms with Gasteiger partial charge < -0.3 is 14.2 Å². The molecular formula is C22H25NO7S. The Morgan fingerprint density at radius 1 is 1.03 bits per heavy atom. The Morgan fingerprint density at radius 2 is 1.65 bits per heavy atom. The number of esters is 1. The van der Waals surface area contributed by atoms with Gasteiger partial charge in [0.05, 0.1) is 4.90 Å². The molecule has 1 heterocycles. The highest BCUT2D eigenvalue weighted by Crippen LogP contribution is 2.32. The molecule has 2 aromatic carbocycles. The summed E-state index contributed by atoms with van der Waals surface area (Å²) in [5, 5.41) is 0. The van der Waals surface area contributed by atoms with Crippen molar-refractivity contribution in [2.75, 3.05) is 13.4 Å². The number of hydrogen-bond acceptors (Lipinski definition) is 7. The molecule has 0 spiro atoms. The molecule has 0 aliphatic carbocycles. The lowest BCUT2D eigenvalue weighted by Gasteiger charge is -2.18. The third kappa shape index (κ3) is 4.72. The molecule has 0 saturated heterocycles. The number of carbonyl (C=O) groups excluding carboxylic acids is 2. The molecule has 0 radical (unpaired) electrons. The van der Waals surface area contributed by atoms with Crippen LogP contribution in [0.5, 0.6) is 11.5 Å². The number of hydrogen-bond donors (Lipinski definition) is 1. The van der Waals surface area contributed by atoms with Gasteiger partial charge in [-0.15, -0.1) is 0 Å². The maximum Gasteiger partial charge on any atom is 0.324 e. The summed E-state index contributed by atoms with van der Waals surface area (Å²) in [7, 11) is -3.97. The highest BCUT2D eigenvalue weighted by molar-refractivity contribution is 7.89. The lowest BCUT2D eigenvalue weighted by Crippen LogP contribution is -2.40. The van der Waals surface area contributed by atoms with Crippen LogP contribution in [0.15, 0.2) is 29.2 Å². The minimum Gasteiger partial charge on any atom is -0.456 e. The standard InChI is InChI=1S/C22H25NO7S/c1-12-8-13(2)15(4)21(14(12)3)31(26,27)23-16(5)22(25)28-10-18(24)17-6-7-19-20(9-17)30-11-29-19/h6-9,16,23H,10-11H2,1-5H3/t16-/m0/s1. The van der Waals surface area contributed by atoms with Crippen LogP contribution in [0, 0.1) is 27.7 Å². The zero-order valence-corrected chi connectivity index (χ0v) is 18.9. The van der Waals surface area contributed by atoms with Gasteiger partial charge in [-0.25, -0.2) is 8.42 Å². The lowest BCUT2D eigenvalue weighted by molar-refractivity contribution is -0.144. The molecule has 0 fully saturated rings. The molecule has 31 heavy (non-hydrogen) atoms. The molecular weight excluding hydrogens is 422 g/mol. The summed E-state index contributed by atoms with van der Waals surface area (Å²) in [5.74, 6) is -0.314. The molecule has 0 bridgehead atoms. The van der Waals surface area contributed by atoms with Crippen LogP contribution >= 0.6 is 0 Å². The van der Waals surface area contributed by atoms with Gasteiger partial charge in [-0.2, -0.15) is 4.72 Å². The predicted octanol–water partition coefficient (Wildman–Crippen LogP) is 2.74. The zero-order valence-electron chi connectivity index (χ0n) is 18.1. The first kappa shape index (κ1) is 22.8. The molecule has 1 aliphatic rings. The summed E-state index contributed by atoms with van der Waals surface area (Å²) in [6.07, 6.45) is 0. The Bertz CT molecular complexity index is 1130. The normalized spacial score (nSPS) is 13.7. The quantitative estimate of drug-likeness (QED) is 0.514. The average molecular weight is 448 g/mol. The molecule has 1 atom stereocenters. The van der Waals surface area contributed by atoms with Crippen LogP contribution in [0.4, 0.5) is 0 Å². The van der Waals surface area contributed by atoms with Gasteiger partial charge in [0.2, 0.25) is 16.8 Å². The molecule has 3 rings (SSSR count). The van der Waals surface area contributed by atoms with Crippen LogP contribution in [0.25, 0.3) is 0 Å². The summed E-state index contributed by atoms with van der Waals surface area (Å²) in [5.41, 5.74) is 3.22. The Balaban J connectivity index is 1.66. The van der Waals surface area contributed by atoms with E-state index in [1.165, 1.54) is 13.0 Å².